The fraction of sp³-hybridized carbons (Fsp3) is 0.917. The molecule has 4 aliphatic carbocycles. The lowest BCUT2D eigenvalue weighted by molar-refractivity contribution is -0.154. The number of rotatable bonds is 8. The highest BCUT2D eigenvalue weighted by molar-refractivity contribution is 5.70. The number of hydrogen-bond acceptors (Lipinski definition) is 3. The molecular weight excluding hydrogens is 478 g/mol. The monoisotopic (exact) mass is 537 g/mol. The van der Waals surface area contributed by atoms with Gasteiger partial charge in [0.15, 0.2) is 0 Å². The van der Waals surface area contributed by atoms with Crippen molar-refractivity contribution < 1.29 is 9.53 Å². The van der Waals surface area contributed by atoms with Gasteiger partial charge in [-0.25, -0.2) is 0 Å². The third kappa shape index (κ3) is 5.30. The van der Waals surface area contributed by atoms with Gasteiger partial charge in [0.2, 0.25) is 0 Å². The molecule has 2 bridgehead atoms. The smallest absolute Gasteiger partial charge is 0.306 e. The van der Waals surface area contributed by atoms with Crippen LogP contribution in [0, 0.1) is 58.2 Å². The summed E-state index contributed by atoms with van der Waals surface area (Å²) in [5.41, 5.74) is 2.54. The number of fused-ring (bicyclic) bond motifs is 8. The normalized spacial score (nSPS) is 45.7. The molecule has 7 rings (SSSR count). The summed E-state index contributed by atoms with van der Waals surface area (Å²) in [4.78, 5) is 15.6. The first-order valence-electron chi connectivity index (χ1n) is 17.3. The number of esters is 1. The first-order valence-corrected chi connectivity index (χ1v) is 17.3. The zero-order valence-corrected chi connectivity index (χ0v) is 26.1. The van der Waals surface area contributed by atoms with Crippen LogP contribution in [0.15, 0.2) is 11.6 Å². The summed E-state index contributed by atoms with van der Waals surface area (Å²) in [6.45, 7) is 16.2. The summed E-state index contributed by atoms with van der Waals surface area (Å²) in [5, 5.41) is 0. The van der Waals surface area contributed by atoms with Crippen LogP contribution in [0.5, 0.6) is 0 Å². The molecule has 0 aromatic carbocycles. The average molecular weight is 538 g/mol. The molecule has 7 aliphatic rings. The van der Waals surface area contributed by atoms with Crippen LogP contribution in [-0.4, -0.2) is 36.6 Å². The molecule has 0 amide bonds. The lowest BCUT2D eigenvalue weighted by Crippen LogP contribution is -2.51. The molecule has 39 heavy (non-hydrogen) atoms. The Kier molecular flexibility index (Phi) is 8.06. The Labute approximate surface area is 240 Å². The number of ether oxygens (including phenoxy) is 1. The minimum absolute atomic E-state index is 0.0876. The predicted molar refractivity (Wildman–Crippen MR) is 160 cm³/mol. The Hall–Kier alpha value is -0.830. The molecule has 2 unspecified atom stereocenters. The quantitative estimate of drug-likeness (QED) is 0.229. The summed E-state index contributed by atoms with van der Waals surface area (Å²) in [5.74, 6) is 6.66. The number of allylic oxidation sites excluding steroid dienone is 1. The second-order valence-corrected chi connectivity index (χ2v) is 16.2. The largest absolute Gasteiger partial charge is 0.462 e. The molecule has 0 spiro atoms. The van der Waals surface area contributed by atoms with Crippen molar-refractivity contribution in [1.29, 1.82) is 0 Å². The molecule has 0 N–H and O–H groups in total. The van der Waals surface area contributed by atoms with Crippen LogP contribution in [0.1, 0.15) is 125 Å². The van der Waals surface area contributed by atoms with Crippen LogP contribution >= 0.6 is 0 Å². The molecule has 3 saturated heterocycles. The van der Waals surface area contributed by atoms with Crippen molar-refractivity contribution in [3.63, 3.8) is 0 Å². The predicted octanol–water partition coefficient (Wildman–Crippen LogP) is 8.67. The van der Waals surface area contributed by atoms with Gasteiger partial charge in [-0.3, -0.25) is 4.79 Å². The van der Waals surface area contributed by atoms with Crippen molar-refractivity contribution in [3.05, 3.63) is 11.6 Å². The van der Waals surface area contributed by atoms with E-state index in [0.717, 1.165) is 60.8 Å². The Balaban J connectivity index is 1.07. The van der Waals surface area contributed by atoms with E-state index in [4.69, 9.17) is 4.74 Å². The summed E-state index contributed by atoms with van der Waals surface area (Å²) in [6.07, 6.45) is 20.6. The lowest BCUT2D eigenvalue weighted by atomic mass is 9.47. The van der Waals surface area contributed by atoms with Gasteiger partial charge >= 0.3 is 5.97 Å². The van der Waals surface area contributed by atoms with E-state index in [1.807, 2.05) is 0 Å². The fourth-order valence-electron chi connectivity index (χ4n) is 11.5. The molecule has 3 nitrogen and oxygen atoms in total. The van der Waals surface area contributed by atoms with Crippen molar-refractivity contribution in [1.82, 2.24) is 4.90 Å². The Morgan fingerprint density at radius 2 is 1.79 bits per heavy atom. The van der Waals surface area contributed by atoms with E-state index in [9.17, 15) is 4.79 Å². The number of nitrogens with zero attached hydrogens (tertiary/aromatic N) is 1. The summed E-state index contributed by atoms with van der Waals surface area (Å²) >= 11 is 0. The standard InChI is InChI=1S/C36H59NO2/c1-24(2)7-6-8-25(3)31-11-12-32-30-10-9-28-22-29(13-17-35(28,4)33(30)14-18-36(31,32)5)39-34(38)21-27-23-37-19-15-26(27)16-20-37/h9,24-27,29-33H,6-8,10-23H2,1-5H3/t25?,27?,29-,30-,31+,32-,33-,35-,36+/m0/s1. The molecule has 0 aromatic rings. The number of carbonyl (C=O) groups is 1. The summed E-state index contributed by atoms with van der Waals surface area (Å²) in [6, 6.07) is 0. The summed E-state index contributed by atoms with van der Waals surface area (Å²) < 4.78 is 6.21. The molecule has 3 aliphatic heterocycles. The van der Waals surface area contributed by atoms with Gasteiger partial charge in [-0.05, 0) is 129 Å². The number of carbonyl (C=O) groups excluding carboxylic acids is 1. The lowest BCUT2D eigenvalue weighted by Gasteiger charge is -2.58. The zero-order chi connectivity index (χ0) is 27.4. The van der Waals surface area contributed by atoms with Crippen molar-refractivity contribution >= 4 is 5.97 Å². The van der Waals surface area contributed by atoms with E-state index in [1.54, 1.807) is 5.57 Å². The van der Waals surface area contributed by atoms with Crippen LogP contribution in [0.3, 0.4) is 0 Å². The van der Waals surface area contributed by atoms with Crippen LogP contribution in [-0.2, 0) is 9.53 Å². The van der Waals surface area contributed by atoms with Crippen molar-refractivity contribution in [2.75, 3.05) is 19.6 Å². The van der Waals surface area contributed by atoms with E-state index in [-0.39, 0.29) is 12.1 Å². The van der Waals surface area contributed by atoms with E-state index in [2.05, 4.69) is 45.6 Å². The number of piperidine rings is 3. The van der Waals surface area contributed by atoms with E-state index >= 15 is 0 Å². The molecule has 0 radical (unpaired) electrons. The Bertz CT molecular complexity index is 917. The summed E-state index contributed by atoms with van der Waals surface area (Å²) in [7, 11) is 0. The average Bonchev–Trinajstić information content (AvgIpc) is 3.26. The Morgan fingerprint density at radius 1 is 1.00 bits per heavy atom. The van der Waals surface area contributed by atoms with Crippen LogP contribution in [0.2, 0.25) is 0 Å². The molecular formula is C36H59NO2. The highest BCUT2D eigenvalue weighted by atomic mass is 16.5. The van der Waals surface area contributed by atoms with Gasteiger partial charge in [-0.15, -0.1) is 0 Å². The topological polar surface area (TPSA) is 29.5 Å². The highest BCUT2D eigenvalue weighted by Crippen LogP contribution is 2.67. The molecule has 9 atom stereocenters. The third-order valence-corrected chi connectivity index (χ3v) is 13.8. The highest BCUT2D eigenvalue weighted by Gasteiger charge is 2.59. The molecule has 0 aromatic heterocycles. The first-order chi connectivity index (χ1) is 18.7. The second-order valence-electron chi connectivity index (χ2n) is 16.2. The maximum Gasteiger partial charge on any atom is 0.306 e. The molecule has 3 saturated carbocycles. The van der Waals surface area contributed by atoms with Gasteiger partial charge in [0, 0.05) is 19.4 Å². The zero-order valence-electron chi connectivity index (χ0n) is 26.1. The fourth-order valence-corrected chi connectivity index (χ4v) is 11.5. The minimum atomic E-state index is 0.0876. The molecule has 6 fully saturated rings. The maximum atomic E-state index is 13.0. The molecule has 3 heteroatoms. The SMILES string of the molecule is CC(C)CCCC(C)[C@H]1CC[C@H]2[C@@H]3CC=C4C[C@@H](OC(=O)CC5CN6CCC5CC6)CC[C@]4(C)[C@H]3CC[C@]12C. The van der Waals surface area contributed by atoms with Gasteiger partial charge in [0.25, 0.3) is 0 Å². The van der Waals surface area contributed by atoms with Crippen molar-refractivity contribution in [3.8, 4) is 0 Å². The van der Waals surface area contributed by atoms with Gasteiger partial charge in [0.05, 0.1) is 0 Å². The molecule has 220 valence electrons. The van der Waals surface area contributed by atoms with Gasteiger partial charge in [-0.2, -0.15) is 0 Å². The molecule has 3 heterocycles. The van der Waals surface area contributed by atoms with Crippen LogP contribution < -0.4 is 0 Å². The minimum Gasteiger partial charge on any atom is -0.462 e. The van der Waals surface area contributed by atoms with Gasteiger partial charge in [0.1, 0.15) is 6.10 Å². The number of hydrogen-bond donors (Lipinski definition) is 0. The second kappa shape index (κ2) is 11.1. The first kappa shape index (κ1) is 28.3. The maximum absolute atomic E-state index is 13.0. The van der Waals surface area contributed by atoms with Crippen molar-refractivity contribution in [2.45, 2.75) is 131 Å². The van der Waals surface area contributed by atoms with E-state index in [0.29, 0.717) is 23.2 Å². The van der Waals surface area contributed by atoms with E-state index < -0.39 is 0 Å². The Morgan fingerprint density at radius 3 is 2.51 bits per heavy atom. The van der Waals surface area contributed by atoms with Gasteiger partial charge < -0.3 is 9.64 Å². The van der Waals surface area contributed by atoms with Gasteiger partial charge in [-0.1, -0.05) is 65.5 Å². The van der Waals surface area contributed by atoms with Crippen LogP contribution in [0.4, 0.5) is 0 Å². The van der Waals surface area contributed by atoms with E-state index in [1.165, 1.54) is 83.7 Å². The van der Waals surface area contributed by atoms with Crippen molar-refractivity contribution in [2.24, 2.45) is 58.2 Å². The third-order valence-electron chi connectivity index (χ3n) is 13.8. The van der Waals surface area contributed by atoms with Crippen LogP contribution in [0.25, 0.3) is 0 Å².